The van der Waals surface area contributed by atoms with Gasteiger partial charge in [-0.1, -0.05) is 54.6 Å². The number of amides is 3. The molecule has 36 heavy (non-hydrogen) atoms. The molecule has 0 atom stereocenters. The van der Waals surface area contributed by atoms with Crippen LogP contribution in [0.2, 0.25) is 0 Å². The van der Waals surface area contributed by atoms with Gasteiger partial charge in [0.15, 0.2) is 0 Å². The van der Waals surface area contributed by atoms with Gasteiger partial charge in [0.2, 0.25) is 0 Å². The van der Waals surface area contributed by atoms with E-state index in [2.05, 4.69) is 10.3 Å². The number of carbonyl (C=O) groups is 3. The Morgan fingerprint density at radius 2 is 1.61 bits per heavy atom. The van der Waals surface area contributed by atoms with Crippen molar-refractivity contribution in [2.24, 2.45) is 0 Å². The minimum atomic E-state index is -0.351. The molecule has 0 aliphatic carbocycles. The Balaban J connectivity index is 1.17. The summed E-state index contributed by atoms with van der Waals surface area (Å²) >= 11 is 1.63. The Hall–Kier alpha value is -4.10. The molecular formula is C29H25N3O3S. The zero-order chi connectivity index (χ0) is 25.1. The van der Waals surface area contributed by atoms with E-state index >= 15 is 0 Å². The fourth-order valence-corrected chi connectivity index (χ4v) is 4.90. The average Bonchev–Trinajstić information content (AvgIpc) is 3.44. The fourth-order valence-electron chi connectivity index (χ4n) is 4.28. The van der Waals surface area contributed by atoms with Crippen LogP contribution in [0.4, 0.5) is 0 Å². The molecule has 0 saturated heterocycles. The van der Waals surface area contributed by atoms with Gasteiger partial charge in [-0.3, -0.25) is 19.3 Å². The maximum absolute atomic E-state index is 12.9. The summed E-state index contributed by atoms with van der Waals surface area (Å²) in [4.78, 5) is 44.2. The number of nitrogens with zero attached hydrogens (tertiary/aromatic N) is 2. The van der Waals surface area contributed by atoms with Crippen LogP contribution in [-0.2, 0) is 12.8 Å². The predicted octanol–water partition coefficient (Wildman–Crippen LogP) is 4.93. The number of rotatable bonds is 8. The summed E-state index contributed by atoms with van der Waals surface area (Å²) in [5.74, 6) is -0.930. The molecule has 7 heteroatoms. The van der Waals surface area contributed by atoms with Gasteiger partial charge in [-0.2, -0.15) is 0 Å². The van der Waals surface area contributed by atoms with Crippen LogP contribution in [0.1, 0.15) is 47.2 Å². The van der Waals surface area contributed by atoms with Crippen molar-refractivity contribution >= 4 is 29.1 Å². The standard InChI is InChI=1S/C29H25N3O3S/c1-19-31-26(18-36-19)22-9-7-21(8-10-22)13-15-30-27(33)23-11-12-24-25(17-23)29(35)32(28(24)34)16-14-20-5-3-2-4-6-20/h2-12,17-18H,13-16H2,1H3,(H,30,33). The van der Waals surface area contributed by atoms with Crippen molar-refractivity contribution in [1.82, 2.24) is 15.2 Å². The van der Waals surface area contributed by atoms with Crippen molar-refractivity contribution in [1.29, 1.82) is 0 Å². The lowest BCUT2D eigenvalue weighted by atomic mass is 10.0. The Labute approximate surface area is 213 Å². The minimum Gasteiger partial charge on any atom is -0.352 e. The molecule has 1 N–H and O–H groups in total. The first-order valence-corrected chi connectivity index (χ1v) is 12.7. The number of benzene rings is 3. The quantitative estimate of drug-likeness (QED) is 0.352. The predicted molar refractivity (Wildman–Crippen MR) is 140 cm³/mol. The second-order valence-corrected chi connectivity index (χ2v) is 9.77. The van der Waals surface area contributed by atoms with Gasteiger partial charge in [0.05, 0.1) is 21.8 Å². The van der Waals surface area contributed by atoms with Gasteiger partial charge >= 0.3 is 0 Å². The molecule has 1 aromatic heterocycles. The van der Waals surface area contributed by atoms with Gasteiger partial charge in [-0.25, -0.2) is 4.98 Å². The summed E-state index contributed by atoms with van der Waals surface area (Å²) in [5.41, 5.74) is 5.21. The van der Waals surface area contributed by atoms with Crippen LogP contribution in [0.15, 0.2) is 78.2 Å². The van der Waals surface area contributed by atoms with Crippen LogP contribution in [0.3, 0.4) is 0 Å². The first-order valence-electron chi connectivity index (χ1n) is 11.8. The van der Waals surface area contributed by atoms with Crippen LogP contribution < -0.4 is 5.32 Å². The maximum Gasteiger partial charge on any atom is 0.261 e. The normalized spacial score (nSPS) is 12.6. The number of hydrogen-bond donors (Lipinski definition) is 1. The van der Waals surface area contributed by atoms with Crippen molar-refractivity contribution in [3.63, 3.8) is 0 Å². The molecule has 2 heterocycles. The van der Waals surface area contributed by atoms with Crippen LogP contribution in [0.5, 0.6) is 0 Å². The number of aromatic nitrogens is 1. The van der Waals surface area contributed by atoms with Gasteiger partial charge in [-0.05, 0) is 49.1 Å². The minimum absolute atomic E-state index is 0.268. The van der Waals surface area contributed by atoms with Gasteiger partial charge < -0.3 is 5.32 Å². The molecule has 0 saturated carbocycles. The van der Waals surface area contributed by atoms with Crippen molar-refractivity contribution in [3.05, 3.63) is 111 Å². The van der Waals surface area contributed by atoms with Crippen LogP contribution in [0.25, 0.3) is 11.3 Å². The molecule has 0 fully saturated rings. The highest BCUT2D eigenvalue weighted by Gasteiger charge is 2.35. The molecule has 0 unspecified atom stereocenters. The fraction of sp³-hybridized carbons (Fsp3) is 0.172. The number of aryl methyl sites for hydroxylation is 1. The van der Waals surface area contributed by atoms with Crippen molar-refractivity contribution < 1.29 is 14.4 Å². The summed E-state index contributed by atoms with van der Waals surface area (Å²) in [6.45, 7) is 2.75. The summed E-state index contributed by atoms with van der Waals surface area (Å²) in [7, 11) is 0. The Morgan fingerprint density at radius 1 is 0.889 bits per heavy atom. The molecule has 1 aliphatic rings. The Kier molecular flexibility index (Phi) is 6.73. The molecule has 1 aliphatic heterocycles. The Morgan fingerprint density at radius 3 is 2.33 bits per heavy atom. The van der Waals surface area contributed by atoms with E-state index in [-0.39, 0.29) is 23.3 Å². The highest BCUT2D eigenvalue weighted by molar-refractivity contribution is 7.09. The van der Waals surface area contributed by atoms with Crippen LogP contribution >= 0.6 is 11.3 Å². The lowest BCUT2D eigenvalue weighted by Crippen LogP contribution is -2.31. The van der Waals surface area contributed by atoms with Crippen LogP contribution in [-0.4, -0.2) is 40.7 Å². The maximum atomic E-state index is 12.9. The van der Waals surface area contributed by atoms with E-state index < -0.39 is 0 Å². The van der Waals surface area contributed by atoms with Gasteiger partial charge in [0, 0.05) is 29.6 Å². The van der Waals surface area contributed by atoms with Crippen molar-refractivity contribution in [2.75, 3.05) is 13.1 Å². The van der Waals surface area contributed by atoms with Crippen molar-refractivity contribution in [2.45, 2.75) is 19.8 Å². The number of thiazole rings is 1. The van der Waals surface area contributed by atoms with E-state index in [0.717, 1.165) is 27.4 Å². The molecule has 3 aromatic carbocycles. The summed E-state index contributed by atoms with van der Waals surface area (Å²) in [5, 5.41) is 5.99. The first kappa shape index (κ1) is 23.6. The highest BCUT2D eigenvalue weighted by Crippen LogP contribution is 2.25. The smallest absolute Gasteiger partial charge is 0.261 e. The van der Waals surface area contributed by atoms with Crippen molar-refractivity contribution in [3.8, 4) is 11.3 Å². The molecular weight excluding hydrogens is 470 g/mol. The molecule has 0 spiro atoms. The number of fused-ring (bicyclic) bond motifs is 1. The first-order chi connectivity index (χ1) is 17.5. The molecule has 0 bridgehead atoms. The lowest BCUT2D eigenvalue weighted by molar-refractivity contribution is 0.0656. The highest BCUT2D eigenvalue weighted by atomic mass is 32.1. The summed E-state index contributed by atoms with van der Waals surface area (Å²) < 4.78 is 0. The van der Waals surface area contributed by atoms with E-state index in [1.807, 2.05) is 66.9 Å². The third kappa shape index (κ3) is 4.97. The van der Waals surface area contributed by atoms with Gasteiger partial charge in [-0.15, -0.1) is 11.3 Å². The lowest BCUT2D eigenvalue weighted by Gasteiger charge is -2.13. The van der Waals surface area contributed by atoms with Gasteiger partial charge in [0.25, 0.3) is 17.7 Å². The molecule has 3 amide bonds. The summed E-state index contributed by atoms with van der Waals surface area (Å²) in [6, 6.07) is 22.6. The molecule has 4 aromatic rings. The topological polar surface area (TPSA) is 79.4 Å². The van der Waals surface area contributed by atoms with Crippen LogP contribution in [0, 0.1) is 6.92 Å². The van der Waals surface area contributed by atoms with Gasteiger partial charge in [0.1, 0.15) is 0 Å². The molecule has 6 nitrogen and oxygen atoms in total. The summed E-state index contributed by atoms with van der Waals surface area (Å²) in [6.07, 6.45) is 1.27. The van der Waals surface area contributed by atoms with E-state index in [1.54, 1.807) is 23.5 Å². The molecule has 180 valence electrons. The number of hydrogen-bond acceptors (Lipinski definition) is 5. The molecule has 0 radical (unpaired) electrons. The zero-order valence-electron chi connectivity index (χ0n) is 19.9. The largest absolute Gasteiger partial charge is 0.352 e. The van der Waals surface area contributed by atoms with E-state index in [0.29, 0.717) is 37.1 Å². The average molecular weight is 496 g/mol. The van der Waals surface area contributed by atoms with E-state index in [1.165, 1.54) is 11.0 Å². The third-order valence-corrected chi connectivity index (χ3v) is 7.04. The second kappa shape index (κ2) is 10.3. The number of imide groups is 1. The molecule has 5 rings (SSSR count). The zero-order valence-corrected chi connectivity index (χ0v) is 20.7. The van der Waals surface area contributed by atoms with E-state index in [9.17, 15) is 14.4 Å². The SMILES string of the molecule is Cc1nc(-c2ccc(CCNC(=O)c3ccc4c(c3)C(=O)N(CCc3ccccc3)C4=O)cc2)cs1. The third-order valence-electron chi connectivity index (χ3n) is 6.27. The monoisotopic (exact) mass is 495 g/mol. The number of carbonyl (C=O) groups excluding carboxylic acids is 3. The van der Waals surface area contributed by atoms with E-state index in [4.69, 9.17) is 0 Å². The second-order valence-electron chi connectivity index (χ2n) is 8.71. The Bertz CT molecular complexity index is 1430. The number of nitrogens with one attached hydrogen (secondary N) is 1.